The van der Waals surface area contributed by atoms with E-state index < -0.39 is 0 Å². The van der Waals surface area contributed by atoms with Gasteiger partial charge in [0.05, 0.1) is 33.1 Å². The zero-order valence-electron chi connectivity index (χ0n) is 31.7. The standard InChI is InChI=1S/C52H30Cl3N5/c53-49-50(54)56-52(57-51(49)55)60-47-25-21-33(31-19-23-45-39(27-31)37-15-7-9-17-43(37)58(45)35-11-3-1-4-12-35)29-41(47)42-30-34(22-26-48(42)60)32-20-24-46-40(28-32)38-16-8-10-18-44(38)59(46)36-13-5-2-6-14-36/h1-30H. The van der Waals surface area contributed by atoms with Crippen LogP contribution in [0.15, 0.2) is 182 Å². The predicted molar refractivity (Wildman–Crippen MR) is 251 cm³/mol. The molecule has 12 aromatic rings. The van der Waals surface area contributed by atoms with Gasteiger partial charge in [-0.15, -0.1) is 0 Å². The molecule has 0 aliphatic heterocycles. The van der Waals surface area contributed by atoms with Crippen LogP contribution < -0.4 is 0 Å². The molecule has 8 heteroatoms. The van der Waals surface area contributed by atoms with Crippen LogP contribution in [0.25, 0.3) is 105 Å². The molecule has 12 rings (SSSR count). The van der Waals surface area contributed by atoms with Gasteiger partial charge in [-0.1, -0.05) is 132 Å². The summed E-state index contributed by atoms with van der Waals surface area (Å²) in [5, 5.41) is 7.21. The molecule has 0 saturated carbocycles. The number of hydrogen-bond acceptors (Lipinski definition) is 2. The first kappa shape index (κ1) is 35.1. The van der Waals surface area contributed by atoms with Gasteiger partial charge in [-0.3, -0.25) is 4.57 Å². The van der Waals surface area contributed by atoms with E-state index in [1.165, 1.54) is 32.6 Å². The lowest BCUT2D eigenvalue weighted by atomic mass is 9.98. The van der Waals surface area contributed by atoms with Gasteiger partial charge in [0.2, 0.25) is 5.95 Å². The fourth-order valence-corrected chi connectivity index (χ4v) is 9.56. The van der Waals surface area contributed by atoms with Crippen LogP contribution in [0.2, 0.25) is 15.3 Å². The van der Waals surface area contributed by atoms with Gasteiger partial charge < -0.3 is 9.13 Å². The van der Waals surface area contributed by atoms with E-state index in [9.17, 15) is 0 Å². The normalized spacial score (nSPS) is 11.9. The summed E-state index contributed by atoms with van der Waals surface area (Å²) < 4.78 is 6.69. The van der Waals surface area contributed by atoms with Crippen LogP contribution in [-0.4, -0.2) is 23.7 Å². The highest BCUT2D eigenvalue weighted by Gasteiger charge is 2.20. The number of benzene rings is 8. The van der Waals surface area contributed by atoms with Crippen molar-refractivity contribution >= 4 is 100 Å². The molecule has 0 amide bonds. The van der Waals surface area contributed by atoms with E-state index in [1.54, 1.807) is 0 Å². The Balaban J connectivity index is 1.07. The second-order valence-electron chi connectivity index (χ2n) is 15.1. The fourth-order valence-electron chi connectivity index (χ4n) is 9.10. The molecule has 0 atom stereocenters. The Labute approximate surface area is 358 Å². The van der Waals surface area contributed by atoms with Crippen molar-refractivity contribution in [2.24, 2.45) is 0 Å². The third-order valence-corrected chi connectivity index (χ3v) is 12.9. The molecule has 4 heterocycles. The molecular formula is C52H30Cl3N5. The molecule has 0 aliphatic rings. The summed E-state index contributed by atoms with van der Waals surface area (Å²) in [4.78, 5) is 9.23. The first-order chi connectivity index (χ1) is 29.5. The van der Waals surface area contributed by atoms with Gasteiger partial charge in [0.25, 0.3) is 0 Å². The Kier molecular flexibility index (Phi) is 7.94. The van der Waals surface area contributed by atoms with Crippen LogP contribution in [0.1, 0.15) is 0 Å². The maximum atomic E-state index is 6.52. The van der Waals surface area contributed by atoms with Crippen LogP contribution in [0, 0.1) is 0 Å². The molecule has 0 bridgehead atoms. The predicted octanol–water partition coefficient (Wildman–Crippen LogP) is 15.1. The molecule has 0 N–H and O–H groups in total. The van der Waals surface area contributed by atoms with E-state index >= 15 is 0 Å². The van der Waals surface area contributed by atoms with Gasteiger partial charge >= 0.3 is 0 Å². The van der Waals surface area contributed by atoms with Crippen molar-refractivity contribution in [1.29, 1.82) is 0 Å². The molecule has 0 aliphatic carbocycles. The molecule has 0 radical (unpaired) electrons. The maximum absolute atomic E-state index is 6.52. The zero-order valence-corrected chi connectivity index (χ0v) is 34.0. The fraction of sp³-hybridized carbons (Fsp3) is 0. The minimum Gasteiger partial charge on any atom is -0.309 e. The number of halogens is 3. The third kappa shape index (κ3) is 5.33. The first-order valence-electron chi connectivity index (χ1n) is 19.7. The molecule has 5 nitrogen and oxygen atoms in total. The summed E-state index contributed by atoms with van der Waals surface area (Å²) in [6.07, 6.45) is 0. The van der Waals surface area contributed by atoms with Gasteiger partial charge in [-0.05, 0) is 107 Å². The Morgan fingerprint density at radius 2 is 0.617 bits per heavy atom. The minimum atomic E-state index is 0.0980. The summed E-state index contributed by atoms with van der Waals surface area (Å²) in [6, 6.07) is 64.9. The first-order valence-corrected chi connectivity index (χ1v) is 20.8. The van der Waals surface area contributed by atoms with Crippen LogP contribution in [-0.2, 0) is 0 Å². The monoisotopic (exact) mass is 829 g/mol. The maximum Gasteiger partial charge on any atom is 0.237 e. The topological polar surface area (TPSA) is 40.6 Å². The van der Waals surface area contributed by atoms with Crippen LogP contribution in [0.5, 0.6) is 0 Å². The van der Waals surface area contributed by atoms with Gasteiger partial charge in [0.1, 0.15) is 5.02 Å². The lowest BCUT2D eigenvalue weighted by Crippen LogP contribution is -2.02. The van der Waals surface area contributed by atoms with Crippen molar-refractivity contribution in [2.45, 2.75) is 0 Å². The van der Waals surface area contributed by atoms with Gasteiger partial charge in [-0.2, -0.15) is 9.97 Å². The summed E-state index contributed by atoms with van der Waals surface area (Å²) >= 11 is 19.4. The highest BCUT2D eigenvalue weighted by Crippen LogP contribution is 2.41. The summed E-state index contributed by atoms with van der Waals surface area (Å²) in [5.74, 6) is 0.347. The van der Waals surface area contributed by atoms with Crippen molar-refractivity contribution in [3.8, 4) is 39.6 Å². The Morgan fingerprint density at radius 3 is 1.02 bits per heavy atom. The second-order valence-corrected chi connectivity index (χ2v) is 16.2. The minimum absolute atomic E-state index is 0.0980. The van der Waals surface area contributed by atoms with Crippen LogP contribution >= 0.6 is 34.8 Å². The molecule has 0 unspecified atom stereocenters. The molecule has 4 aromatic heterocycles. The van der Waals surface area contributed by atoms with Gasteiger partial charge in [0.15, 0.2) is 10.3 Å². The average molecular weight is 831 g/mol. The number of aromatic nitrogens is 5. The van der Waals surface area contributed by atoms with Crippen molar-refractivity contribution in [3.05, 3.63) is 197 Å². The zero-order chi connectivity index (χ0) is 40.1. The van der Waals surface area contributed by atoms with E-state index in [4.69, 9.17) is 34.8 Å². The lowest BCUT2D eigenvalue weighted by Gasteiger charge is -2.09. The smallest absolute Gasteiger partial charge is 0.237 e. The van der Waals surface area contributed by atoms with Crippen LogP contribution in [0.4, 0.5) is 0 Å². The molecule has 8 aromatic carbocycles. The van der Waals surface area contributed by atoms with Gasteiger partial charge in [-0.25, -0.2) is 0 Å². The average Bonchev–Trinajstić information content (AvgIpc) is 3.93. The van der Waals surface area contributed by atoms with Crippen molar-refractivity contribution in [3.63, 3.8) is 0 Å². The van der Waals surface area contributed by atoms with Gasteiger partial charge in [0, 0.05) is 43.7 Å². The van der Waals surface area contributed by atoms with E-state index in [-0.39, 0.29) is 15.3 Å². The molecule has 0 saturated heterocycles. The van der Waals surface area contributed by atoms with Crippen LogP contribution in [0.3, 0.4) is 0 Å². The summed E-state index contributed by atoms with van der Waals surface area (Å²) in [6.45, 7) is 0. The second kappa shape index (κ2) is 13.6. The van der Waals surface area contributed by atoms with Crippen molar-refractivity contribution < 1.29 is 0 Å². The third-order valence-electron chi connectivity index (χ3n) is 11.8. The number of fused-ring (bicyclic) bond motifs is 9. The van der Waals surface area contributed by atoms with E-state index in [1.807, 2.05) is 4.57 Å². The Morgan fingerprint density at radius 1 is 0.300 bits per heavy atom. The number of nitrogens with zero attached hydrogens (tertiary/aromatic N) is 5. The van der Waals surface area contributed by atoms with Crippen molar-refractivity contribution in [2.75, 3.05) is 0 Å². The molecule has 284 valence electrons. The highest BCUT2D eigenvalue weighted by molar-refractivity contribution is 6.47. The quantitative estimate of drug-likeness (QED) is 0.162. The van der Waals surface area contributed by atoms with E-state index in [2.05, 4.69) is 201 Å². The molecule has 0 spiro atoms. The molecular weight excluding hydrogens is 801 g/mol. The lowest BCUT2D eigenvalue weighted by molar-refractivity contribution is 0.989. The number of para-hydroxylation sites is 4. The largest absolute Gasteiger partial charge is 0.309 e. The van der Waals surface area contributed by atoms with Crippen molar-refractivity contribution in [1.82, 2.24) is 23.7 Å². The molecule has 60 heavy (non-hydrogen) atoms. The number of rotatable bonds is 5. The number of hydrogen-bond donors (Lipinski definition) is 0. The Bertz CT molecular complexity index is 3460. The summed E-state index contributed by atoms with van der Waals surface area (Å²) in [5.41, 5.74) is 13.2. The van der Waals surface area contributed by atoms with E-state index in [0.717, 1.165) is 66.5 Å². The highest BCUT2D eigenvalue weighted by atomic mass is 35.5. The Hall–Kier alpha value is -6.89. The summed E-state index contributed by atoms with van der Waals surface area (Å²) in [7, 11) is 0. The molecule has 0 fully saturated rings. The van der Waals surface area contributed by atoms with E-state index in [0.29, 0.717) is 5.95 Å². The SMILES string of the molecule is Clc1nc(-n2c3ccc(-c4ccc5c(c4)c4ccccc4n5-c4ccccc4)cc3c3cc(-c4ccc5c(c4)c4ccccc4n5-c4ccccc4)ccc32)nc(Cl)c1Cl.